The van der Waals surface area contributed by atoms with Gasteiger partial charge in [0, 0.05) is 4.47 Å². The number of esters is 1. The maximum absolute atomic E-state index is 11.6. The Bertz CT molecular complexity index is 435. The smallest absolute Gasteiger partial charge is 0.325 e. The van der Waals surface area contributed by atoms with Gasteiger partial charge in [0.1, 0.15) is 5.54 Å². The van der Waals surface area contributed by atoms with Crippen molar-refractivity contribution in [3.05, 3.63) is 34.3 Å². The Hall–Kier alpha value is -0.870. The molecule has 0 spiro atoms. The van der Waals surface area contributed by atoms with Crippen LogP contribution in [0, 0.1) is 0 Å². The third-order valence-electron chi connectivity index (χ3n) is 3.46. The Morgan fingerprint density at radius 3 is 3.00 bits per heavy atom. The largest absolute Gasteiger partial charge is 0.468 e. The second-order valence-electron chi connectivity index (χ2n) is 4.64. The Morgan fingerprint density at radius 2 is 2.35 bits per heavy atom. The molecule has 2 rings (SSSR count). The van der Waals surface area contributed by atoms with Crippen molar-refractivity contribution in [1.29, 1.82) is 0 Å². The fourth-order valence-electron chi connectivity index (χ4n) is 2.51. The van der Waals surface area contributed by atoms with Gasteiger partial charge in [0.25, 0.3) is 0 Å². The molecule has 3 nitrogen and oxygen atoms in total. The molecule has 1 aliphatic rings. The molecule has 2 N–H and O–H groups in total. The Morgan fingerprint density at radius 1 is 1.59 bits per heavy atom. The zero-order chi connectivity index (χ0) is 12.5. The highest BCUT2D eigenvalue weighted by Crippen LogP contribution is 2.40. The number of carbonyl (C=O) groups excluding carboxylic acids is 1. The molecule has 4 heteroatoms. The molecule has 0 saturated heterocycles. The van der Waals surface area contributed by atoms with Gasteiger partial charge >= 0.3 is 5.97 Å². The first kappa shape index (κ1) is 12.6. The van der Waals surface area contributed by atoms with Crippen LogP contribution in [0.4, 0.5) is 0 Å². The van der Waals surface area contributed by atoms with E-state index in [1.54, 1.807) is 0 Å². The van der Waals surface area contributed by atoms with E-state index in [2.05, 4.69) is 28.1 Å². The number of ether oxygens (including phenoxy) is 1. The summed E-state index contributed by atoms with van der Waals surface area (Å²) in [5.74, 6) is 0.0478. The van der Waals surface area contributed by atoms with Gasteiger partial charge in [-0.25, -0.2) is 0 Å². The van der Waals surface area contributed by atoms with Gasteiger partial charge in [-0.2, -0.15) is 0 Å². The minimum Gasteiger partial charge on any atom is -0.468 e. The third-order valence-corrected chi connectivity index (χ3v) is 3.95. The summed E-state index contributed by atoms with van der Waals surface area (Å²) in [6, 6.07) is 8.18. The van der Waals surface area contributed by atoms with E-state index in [1.165, 1.54) is 12.7 Å². The molecule has 0 aromatic heterocycles. The van der Waals surface area contributed by atoms with Crippen LogP contribution in [0.2, 0.25) is 0 Å². The number of hydrogen-bond donors (Lipinski definition) is 1. The van der Waals surface area contributed by atoms with Gasteiger partial charge in [0.15, 0.2) is 0 Å². The number of nitrogens with two attached hydrogens (primary N) is 1. The second kappa shape index (κ2) is 4.78. The van der Waals surface area contributed by atoms with Crippen molar-refractivity contribution in [2.75, 3.05) is 7.11 Å². The lowest BCUT2D eigenvalue weighted by Crippen LogP contribution is -2.46. The molecule has 0 heterocycles. The molecule has 1 aliphatic carbocycles. The van der Waals surface area contributed by atoms with Gasteiger partial charge < -0.3 is 10.5 Å². The van der Waals surface area contributed by atoms with Crippen molar-refractivity contribution in [1.82, 2.24) is 0 Å². The number of rotatable bonds is 2. The van der Waals surface area contributed by atoms with E-state index in [9.17, 15) is 4.79 Å². The highest BCUT2D eigenvalue weighted by atomic mass is 79.9. The number of halogens is 1. The van der Waals surface area contributed by atoms with E-state index >= 15 is 0 Å². The summed E-state index contributed by atoms with van der Waals surface area (Å²) in [6.45, 7) is 0. The number of methoxy groups -OCH3 is 1. The average Bonchev–Trinajstić information content (AvgIpc) is 2.72. The Kier molecular flexibility index (Phi) is 3.54. The molecule has 0 bridgehead atoms. The van der Waals surface area contributed by atoms with E-state index < -0.39 is 5.54 Å². The zero-order valence-electron chi connectivity index (χ0n) is 9.78. The Balaban J connectivity index is 2.15. The second-order valence-corrected chi connectivity index (χ2v) is 5.56. The number of benzene rings is 1. The summed E-state index contributed by atoms with van der Waals surface area (Å²) in [6.07, 6.45) is 2.29. The SMILES string of the molecule is COC(=O)[C@]1(N)CC[C@H](c2cccc(Br)c2)C1. The van der Waals surface area contributed by atoms with Crippen LogP contribution < -0.4 is 5.73 Å². The molecular formula is C13H16BrNO2. The van der Waals surface area contributed by atoms with Gasteiger partial charge in [-0.3, -0.25) is 4.79 Å². The third kappa shape index (κ3) is 2.53. The van der Waals surface area contributed by atoms with Crippen molar-refractivity contribution in [3.8, 4) is 0 Å². The van der Waals surface area contributed by atoms with E-state index in [1.807, 2.05) is 12.1 Å². The van der Waals surface area contributed by atoms with Gasteiger partial charge in [-0.1, -0.05) is 28.1 Å². The van der Waals surface area contributed by atoms with E-state index in [4.69, 9.17) is 10.5 Å². The lowest BCUT2D eigenvalue weighted by molar-refractivity contribution is -0.146. The van der Waals surface area contributed by atoms with Gasteiger partial charge in [-0.15, -0.1) is 0 Å². The molecule has 0 aliphatic heterocycles. The normalized spacial score (nSPS) is 28.1. The quantitative estimate of drug-likeness (QED) is 0.854. The maximum atomic E-state index is 11.6. The van der Waals surface area contributed by atoms with Crippen LogP contribution in [-0.4, -0.2) is 18.6 Å². The van der Waals surface area contributed by atoms with Crippen LogP contribution in [0.3, 0.4) is 0 Å². The summed E-state index contributed by atoms with van der Waals surface area (Å²) in [5.41, 5.74) is 6.52. The standard InChI is InChI=1S/C13H16BrNO2/c1-17-12(16)13(15)6-5-10(8-13)9-3-2-4-11(14)7-9/h2-4,7,10H,5-6,8,15H2,1H3/t10-,13-/m0/s1. The van der Waals surface area contributed by atoms with Crippen molar-refractivity contribution >= 4 is 21.9 Å². The summed E-state index contributed by atoms with van der Waals surface area (Å²) >= 11 is 3.46. The van der Waals surface area contributed by atoms with Crippen molar-refractivity contribution in [3.63, 3.8) is 0 Å². The summed E-state index contributed by atoms with van der Waals surface area (Å²) in [4.78, 5) is 11.6. The molecule has 2 atom stereocenters. The van der Waals surface area contributed by atoms with Crippen LogP contribution in [0.25, 0.3) is 0 Å². The van der Waals surface area contributed by atoms with E-state index in [0.29, 0.717) is 18.8 Å². The topological polar surface area (TPSA) is 52.3 Å². The fourth-order valence-corrected chi connectivity index (χ4v) is 2.93. The molecule has 1 aromatic rings. The molecule has 1 aromatic carbocycles. The predicted molar refractivity (Wildman–Crippen MR) is 69.7 cm³/mol. The Labute approximate surface area is 109 Å². The monoisotopic (exact) mass is 297 g/mol. The fraction of sp³-hybridized carbons (Fsp3) is 0.462. The van der Waals surface area contributed by atoms with Crippen LogP contribution in [-0.2, 0) is 9.53 Å². The maximum Gasteiger partial charge on any atom is 0.325 e. The van der Waals surface area contributed by atoms with Crippen LogP contribution in [0.1, 0.15) is 30.7 Å². The predicted octanol–water partition coefficient (Wildman–Crippen LogP) is 2.59. The summed E-state index contributed by atoms with van der Waals surface area (Å²) in [7, 11) is 1.39. The number of hydrogen-bond acceptors (Lipinski definition) is 3. The minimum absolute atomic E-state index is 0.296. The average molecular weight is 298 g/mol. The first-order chi connectivity index (χ1) is 8.05. The van der Waals surface area contributed by atoms with E-state index in [0.717, 1.165) is 10.9 Å². The molecule has 0 radical (unpaired) electrons. The molecule has 0 unspecified atom stereocenters. The highest BCUT2D eigenvalue weighted by Gasteiger charge is 2.43. The first-order valence-corrected chi connectivity index (χ1v) is 6.47. The van der Waals surface area contributed by atoms with Gasteiger partial charge in [0.05, 0.1) is 7.11 Å². The molecule has 92 valence electrons. The molecule has 0 amide bonds. The lowest BCUT2D eigenvalue weighted by atomic mass is 9.93. The summed E-state index contributed by atoms with van der Waals surface area (Å²) < 4.78 is 5.83. The van der Waals surface area contributed by atoms with Gasteiger partial charge in [0.2, 0.25) is 0 Å². The zero-order valence-corrected chi connectivity index (χ0v) is 11.4. The molecule has 1 fully saturated rings. The van der Waals surface area contributed by atoms with Crippen LogP contribution in [0.15, 0.2) is 28.7 Å². The molecule has 1 saturated carbocycles. The van der Waals surface area contributed by atoms with Crippen LogP contribution >= 0.6 is 15.9 Å². The minimum atomic E-state index is -0.804. The summed E-state index contributed by atoms with van der Waals surface area (Å²) in [5, 5.41) is 0. The first-order valence-electron chi connectivity index (χ1n) is 5.68. The van der Waals surface area contributed by atoms with Crippen molar-refractivity contribution in [2.24, 2.45) is 5.73 Å². The van der Waals surface area contributed by atoms with Crippen molar-refractivity contribution < 1.29 is 9.53 Å². The van der Waals surface area contributed by atoms with Crippen LogP contribution in [0.5, 0.6) is 0 Å². The lowest BCUT2D eigenvalue weighted by Gasteiger charge is -2.20. The highest BCUT2D eigenvalue weighted by molar-refractivity contribution is 9.10. The number of carbonyl (C=O) groups is 1. The molecular weight excluding hydrogens is 282 g/mol. The van der Waals surface area contributed by atoms with Crippen molar-refractivity contribution in [2.45, 2.75) is 30.7 Å². The van der Waals surface area contributed by atoms with E-state index in [-0.39, 0.29) is 5.97 Å². The van der Waals surface area contributed by atoms with Gasteiger partial charge in [-0.05, 0) is 42.9 Å². The molecule has 17 heavy (non-hydrogen) atoms.